The minimum absolute atomic E-state index is 0.872. The van der Waals surface area contributed by atoms with Crippen molar-refractivity contribution in [3.05, 3.63) is 140 Å². The fourth-order valence-electron chi connectivity index (χ4n) is 5.15. The molecule has 0 fully saturated rings. The van der Waals surface area contributed by atoms with Gasteiger partial charge >= 0.3 is 0 Å². The molecular weight excluding hydrogens is 438 g/mol. The Balaban J connectivity index is 1.49. The van der Waals surface area contributed by atoms with Crippen molar-refractivity contribution >= 4 is 21.8 Å². The maximum absolute atomic E-state index is 4.87. The Kier molecular flexibility index (Phi) is 4.78. The molecule has 7 aromatic rings. The maximum atomic E-state index is 4.87. The molecule has 2 aromatic heterocycles. The van der Waals surface area contributed by atoms with Crippen LogP contribution in [-0.4, -0.2) is 14.1 Å². The third-order valence-electron chi connectivity index (χ3n) is 6.81. The maximum Gasteiger partial charge on any atom is 0.219 e. The Hall–Kier alpha value is -4.89. The summed E-state index contributed by atoms with van der Waals surface area (Å²) in [6.07, 6.45) is 3.94. The Morgan fingerprint density at radius 1 is 0.472 bits per heavy atom. The van der Waals surface area contributed by atoms with E-state index in [-0.39, 0.29) is 0 Å². The van der Waals surface area contributed by atoms with Gasteiger partial charge in [-0.2, -0.15) is 0 Å². The number of hydrogen-bond donors (Lipinski definition) is 0. The normalized spacial score (nSPS) is 11.3. The first kappa shape index (κ1) is 20.5. The quantitative estimate of drug-likeness (QED) is 0.258. The number of benzene rings is 5. The smallest absolute Gasteiger partial charge is 0.219 e. The molecular formula is C33H23N3. The lowest BCUT2D eigenvalue weighted by atomic mass is 9.98. The fraction of sp³-hybridized carbons (Fsp3) is 0. The molecule has 7 rings (SSSR count). The topological polar surface area (TPSA) is 22.8 Å². The highest BCUT2D eigenvalue weighted by molar-refractivity contribution is 6.09. The standard InChI is InChI=1S/C33H23N3/c1-3-11-24(12-4-1)26-21-27(25-13-5-2-6-14-25)23-28(22-26)35-20-19-34-33(35)36-31-17-9-7-15-29(31)30-16-8-10-18-32(30)36/h1-23H. The van der Waals surface area contributed by atoms with E-state index >= 15 is 0 Å². The third kappa shape index (κ3) is 3.33. The molecule has 0 N–H and O–H groups in total. The number of aromatic nitrogens is 3. The zero-order valence-corrected chi connectivity index (χ0v) is 19.6. The van der Waals surface area contributed by atoms with E-state index in [1.807, 2.05) is 6.20 Å². The van der Waals surface area contributed by atoms with E-state index in [4.69, 9.17) is 4.98 Å². The number of nitrogens with zero attached hydrogens (tertiary/aromatic N) is 3. The summed E-state index contributed by atoms with van der Waals surface area (Å²) in [6.45, 7) is 0. The van der Waals surface area contributed by atoms with Crippen molar-refractivity contribution < 1.29 is 0 Å². The summed E-state index contributed by atoms with van der Waals surface area (Å²) in [4.78, 5) is 4.87. The van der Waals surface area contributed by atoms with Crippen LogP contribution in [0, 0.1) is 0 Å². The molecule has 0 aliphatic carbocycles. The molecule has 0 unspecified atom stereocenters. The van der Waals surface area contributed by atoms with Crippen LogP contribution >= 0.6 is 0 Å². The van der Waals surface area contributed by atoms with Crippen LogP contribution in [0.3, 0.4) is 0 Å². The van der Waals surface area contributed by atoms with Crippen molar-refractivity contribution in [2.45, 2.75) is 0 Å². The summed E-state index contributed by atoms with van der Waals surface area (Å²) < 4.78 is 4.46. The van der Waals surface area contributed by atoms with E-state index in [0.717, 1.165) is 22.7 Å². The number of para-hydroxylation sites is 2. The highest BCUT2D eigenvalue weighted by Gasteiger charge is 2.17. The van der Waals surface area contributed by atoms with Crippen molar-refractivity contribution in [1.29, 1.82) is 0 Å². The number of imidazole rings is 1. The van der Waals surface area contributed by atoms with Crippen LogP contribution in [-0.2, 0) is 0 Å². The number of hydrogen-bond acceptors (Lipinski definition) is 1. The molecule has 5 aromatic carbocycles. The number of fused-ring (bicyclic) bond motifs is 3. The summed E-state index contributed by atoms with van der Waals surface area (Å²) in [5.41, 5.74) is 8.10. The molecule has 2 heterocycles. The van der Waals surface area contributed by atoms with Crippen LogP contribution in [0.1, 0.15) is 0 Å². The zero-order chi connectivity index (χ0) is 23.9. The summed E-state index contributed by atoms with van der Waals surface area (Å²) in [6, 6.07) is 45.0. The molecule has 0 aliphatic rings. The molecule has 0 radical (unpaired) electrons. The van der Waals surface area contributed by atoms with Gasteiger partial charge in [-0.05, 0) is 52.6 Å². The van der Waals surface area contributed by atoms with Crippen LogP contribution in [0.15, 0.2) is 140 Å². The molecule has 0 saturated heterocycles. The summed E-state index contributed by atoms with van der Waals surface area (Å²) in [7, 11) is 0. The van der Waals surface area contributed by atoms with Gasteiger partial charge in [0, 0.05) is 28.9 Å². The van der Waals surface area contributed by atoms with Gasteiger partial charge in [-0.1, -0.05) is 97.1 Å². The van der Waals surface area contributed by atoms with Crippen molar-refractivity contribution in [1.82, 2.24) is 14.1 Å². The molecule has 0 amide bonds. The minimum atomic E-state index is 0.872. The van der Waals surface area contributed by atoms with E-state index < -0.39 is 0 Å². The van der Waals surface area contributed by atoms with Gasteiger partial charge in [-0.15, -0.1) is 0 Å². The molecule has 0 saturated carbocycles. The summed E-state index contributed by atoms with van der Waals surface area (Å²) in [5.74, 6) is 0.872. The average Bonchev–Trinajstić information content (AvgIpc) is 3.56. The largest absolute Gasteiger partial charge is 0.286 e. The van der Waals surface area contributed by atoms with E-state index in [0.29, 0.717) is 0 Å². The SMILES string of the molecule is c1ccc(-c2cc(-c3ccccc3)cc(-n3ccnc3-n3c4ccccc4c4ccccc43)c2)cc1. The molecule has 3 nitrogen and oxygen atoms in total. The van der Waals surface area contributed by atoms with Gasteiger partial charge < -0.3 is 0 Å². The van der Waals surface area contributed by atoms with Crippen LogP contribution in [0.5, 0.6) is 0 Å². The highest BCUT2D eigenvalue weighted by Crippen LogP contribution is 2.34. The van der Waals surface area contributed by atoms with E-state index in [9.17, 15) is 0 Å². The second-order valence-electron chi connectivity index (χ2n) is 8.97. The Labute approximate surface area is 209 Å². The first-order chi connectivity index (χ1) is 17.9. The summed E-state index contributed by atoms with van der Waals surface area (Å²) in [5, 5.41) is 2.45. The van der Waals surface area contributed by atoms with Crippen molar-refractivity contribution in [2.75, 3.05) is 0 Å². The van der Waals surface area contributed by atoms with Crippen molar-refractivity contribution in [3.8, 4) is 33.9 Å². The van der Waals surface area contributed by atoms with Crippen LogP contribution in [0.25, 0.3) is 55.7 Å². The predicted octanol–water partition coefficient (Wildman–Crippen LogP) is 8.30. The Morgan fingerprint density at radius 3 is 1.53 bits per heavy atom. The highest BCUT2D eigenvalue weighted by atomic mass is 15.2. The van der Waals surface area contributed by atoms with Gasteiger partial charge in [0.15, 0.2) is 0 Å². The van der Waals surface area contributed by atoms with Crippen LogP contribution in [0.4, 0.5) is 0 Å². The average molecular weight is 462 g/mol. The van der Waals surface area contributed by atoms with Crippen LogP contribution in [0.2, 0.25) is 0 Å². The van der Waals surface area contributed by atoms with Gasteiger partial charge in [0.25, 0.3) is 0 Å². The van der Waals surface area contributed by atoms with E-state index in [2.05, 4.69) is 143 Å². The van der Waals surface area contributed by atoms with E-state index in [1.54, 1.807) is 0 Å². The fourth-order valence-corrected chi connectivity index (χ4v) is 5.15. The second-order valence-corrected chi connectivity index (χ2v) is 8.97. The molecule has 36 heavy (non-hydrogen) atoms. The van der Waals surface area contributed by atoms with Gasteiger partial charge in [0.1, 0.15) is 0 Å². The lowest BCUT2D eigenvalue weighted by Gasteiger charge is -2.15. The van der Waals surface area contributed by atoms with Gasteiger partial charge in [0.05, 0.1) is 11.0 Å². The predicted molar refractivity (Wildman–Crippen MR) is 149 cm³/mol. The molecule has 0 aliphatic heterocycles. The summed E-state index contributed by atoms with van der Waals surface area (Å²) >= 11 is 0. The lowest BCUT2D eigenvalue weighted by molar-refractivity contribution is 0.938. The first-order valence-electron chi connectivity index (χ1n) is 12.1. The molecule has 0 bridgehead atoms. The second kappa shape index (κ2) is 8.40. The lowest BCUT2D eigenvalue weighted by Crippen LogP contribution is -2.05. The van der Waals surface area contributed by atoms with Gasteiger partial charge in [-0.3, -0.25) is 9.13 Å². The molecule has 3 heteroatoms. The molecule has 0 spiro atoms. The Morgan fingerprint density at radius 2 is 0.972 bits per heavy atom. The first-order valence-corrected chi connectivity index (χ1v) is 12.1. The third-order valence-corrected chi connectivity index (χ3v) is 6.81. The van der Waals surface area contributed by atoms with Gasteiger partial charge in [-0.25, -0.2) is 4.98 Å². The number of rotatable bonds is 4. The monoisotopic (exact) mass is 461 g/mol. The van der Waals surface area contributed by atoms with Crippen molar-refractivity contribution in [2.24, 2.45) is 0 Å². The van der Waals surface area contributed by atoms with Crippen LogP contribution < -0.4 is 0 Å². The van der Waals surface area contributed by atoms with Gasteiger partial charge in [0.2, 0.25) is 5.95 Å². The van der Waals surface area contributed by atoms with E-state index in [1.165, 1.54) is 33.0 Å². The zero-order valence-electron chi connectivity index (χ0n) is 19.6. The molecule has 0 atom stereocenters. The minimum Gasteiger partial charge on any atom is -0.286 e. The molecule has 170 valence electrons. The Bertz CT molecular complexity index is 1710. The van der Waals surface area contributed by atoms with Crippen molar-refractivity contribution in [3.63, 3.8) is 0 Å².